The number of carbonyl (C=O) groups excluding carboxylic acids is 1. The lowest BCUT2D eigenvalue weighted by molar-refractivity contribution is -0.131. The summed E-state index contributed by atoms with van der Waals surface area (Å²) >= 11 is 0. The molecule has 0 bridgehead atoms. The largest absolute Gasteiger partial charge is 0.478 e. The van der Waals surface area contributed by atoms with Gasteiger partial charge in [-0.15, -0.1) is 0 Å². The van der Waals surface area contributed by atoms with Gasteiger partial charge in [-0.2, -0.15) is 5.26 Å². The van der Waals surface area contributed by atoms with E-state index in [1.807, 2.05) is 12.1 Å². The highest BCUT2D eigenvalue weighted by molar-refractivity contribution is 6.03. The molecule has 1 aromatic carbocycles. The third-order valence-electron chi connectivity index (χ3n) is 4.26. The second-order valence-corrected chi connectivity index (χ2v) is 6.16. The molecule has 3 rings (SSSR count). The molecular weight excluding hydrogens is 344 g/mol. The van der Waals surface area contributed by atoms with Gasteiger partial charge in [-0.05, 0) is 55.0 Å². The fourth-order valence-corrected chi connectivity index (χ4v) is 2.97. The van der Waals surface area contributed by atoms with Gasteiger partial charge in [-0.1, -0.05) is 12.1 Å². The molecule has 27 heavy (non-hydrogen) atoms. The first-order valence-electron chi connectivity index (χ1n) is 8.58. The number of H-pyrrole nitrogens is 1. The molecule has 0 fully saturated rings. The Morgan fingerprint density at radius 2 is 2.19 bits per heavy atom. The van der Waals surface area contributed by atoms with Crippen LogP contribution in [0.25, 0.3) is 11.6 Å². The van der Waals surface area contributed by atoms with Crippen molar-refractivity contribution in [3.8, 4) is 6.07 Å². The first-order chi connectivity index (χ1) is 13.1. The third kappa shape index (κ3) is 4.50. The van der Waals surface area contributed by atoms with Crippen molar-refractivity contribution >= 4 is 29.2 Å². The number of nitriles is 1. The van der Waals surface area contributed by atoms with Crippen molar-refractivity contribution in [2.75, 3.05) is 5.32 Å². The van der Waals surface area contributed by atoms with Gasteiger partial charge in [0, 0.05) is 17.3 Å². The Labute approximate surface area is 156 Å². The Kier molecular flexibility index (Phi) is 5.47. The van der Waals surface area contributed by atoms with Crippen LogP contribution in [0.15, 0.2) is 36.5 Å². The number of carbonyl (C=O) groups is 2. The summed E-state index contributed by atoms with van der Waals surface area (Å²) in [6.45, 7) is 0. The van der Waals surface area contributed by atoms with Crippen LogP contribution in [0.3, 0.4) is 0 Å². The maximum Gasteiger partial charge on any atom is 0.328 e. The van der Waals surface area contributed by atoms with Gasteiger partial charge in [0.1, 0.15) is 11.8 Å². The molecule has 0 saturated heterocycles. The minimum atomic E-state index is -1.02. The predicted molar refractivity (Wildman–Crippen MR) is 101 cm³/mol. The van der Waals surface area contributed by atoms with E-state index in [-0.39, 0.29) is 11.5 Å². The summed E-state index contributed by atoms with van der Waals surface area (Å²) in [6, 6.07) is 7.26. The quantitative estimate of drug-likeness (QED) is 0.702. The van der Waals surface area contributed by atoms with Gasteiger partial charge in [-0.25, -0.2) is 9.78 Å². The fourth-order valence-electron chi connectivity index (χ4n) is 2.97. The van der Waals surface area contributed by atoms with Crippen LogP contribution in [0.2, 0.25) is 0 Å². The van der Waals surface area contributed by atoms with Crippen LogP contribution in [0.5, 0.6) is 0 Å². The lowest BCUT2D eigenvalue weighted by Gasteiger charge is -2.17. The lowest BCUT2D eigenvalue weighted by Crippen LogP contribution is -2.15. The number of aliphatic carboxylic acids is 1. The standard InChI is InChI=1S/C20H18N4O3/c21-11-15-12-22-19(23-15)20(27)24-17-8-6-13(7-9-18(25)26)10-16(17)14-4-2-1-3-5-14/h4,6-10,12H,1-3,5H2,(H,22,23)(H,24,27)(H,25,26)/b9-7+. The first kappa shape index (κ1) is 18.1. The summed E-state index contributed by atoms with van der Waals surface area (Å²) in [5.41, 5.74) is 3.56. The highest BCUT2D eigenvalue weighted by Crippen LogP contribution is 2.33. The van der Waals surface area contributed by atoms with Crippen LogP contribution in [-0.2, 0) is 4.79 Å². The monoisotopic (exact) mass is 362 g/mol. The zero-order chi connectivity index (χ0) is 19.2. The fraction of sp³-hybridized carbons (Fsp3) is 0.200. The lowest BCUT2D eigenvalue weighted by atomic mass is 9.91. The van der Waals surface area contributed by atoms with Crippen LogP contribution in [-0.4, -0.2) is 27.0 Å². The molecule has 0 saturated carbocycles. The van der Waals surface area contributed by atoms with Crippen LogP contribution >= 0.6 is 0 Å². The summed E-state index contributed by atoms with van der Waals surface area (Å²) in [6.07, 6.45) is 10.1. The van der Waals surface area contributed by atoms with E-state index in [2.05, 4.69) is 21.4 Å². The zero-order valence-corrected chi connectivity index (χ0v) is 14.5. The number of amides is 1. The van der Waals surface area contributed by atoms with Crippen molar-refractivity contribution < 1.29 is 14.7 Å². The van der Waals surface area contributed by atoms with Crippen LogP contribution in [0.4, 0.5) is 5.69 Å². The topological polar surface area (TPSA) is 119 Å². The van der Waals surface area contributed by atoms with Crippen molar-refractivity contribution in [3.05, 3.63) is 59.2 Å². The molecule has 0 radical (unpaired) electrons. The van der Waals surface area contributed by atoms with Crippen LogP contribution in [0.1, 0.15) is 53.1 Å². The molecule has 7 nitrogen and oxygen atoms in total. The number of aromatic amines is 1. The molecule has 0 atom stereocenters. The van der Waals surface area contributed by atoms with E-state index in [1.165, 1.54) is 12.3 Å². The van der Waals surface area contributed by atoms with Crippen molar-refractivity contribution in [2.24, 2.45) is 0 Å². The predicted octanol–water partition coefficient (Wildman–Crippen LogP) is 3.59. The normalized spacial score (nSPS) is 13.8. The van der Waals surface area contributed by atoms with Gasteiger partial charge in [0.15, 0.2) is 5.82 Å². The van der Waals surface area contributed by atoms with Crippen LogP contribution < -0.4 is 5.32 Å². The summed E-state index contributed by atoms with van der Waals surface area (Å²) in [7, 11) is 0. The van der Waals surface area contributed by atoms with E-state index < -0.39 is 11.9 Å². The number of carboxylic acid groups (broad SMARTS) is 1. The highest BCUT2D eigenvalue weighted by atomic mass is 16.4. The second kappa shape index (κ2) is 8.15. The Hall–Kier alpha value is -3.66. The summed E-state index contributed by atoms with van der Waals surface area (Å²) < 4.78 is 0. The number of aromatic nitrogens is 2. The van der Waals surface area contributed by atoms with Crippen molar-refractivity contribution in [1.82, 2.24) is 9.97 Å². The van der Waals surface area contributed by atoms with Crippen LogP contribution in [0, 0.1) is 11.3 Å². The number of allylic oxidation sites excluding steroid dienone is 2. The molecule has 0 aliphatic heterocycles. The SMILES string of the molecule is N#Cc1cnc(C(=O)Nc2ccc(/C=C/C(=O)O)cc2C2=CCCCC2)[nH]1. The Morgan fingerprint density at radius 3 is 2.85 bits per heavy atom. The molecule has 1 amide bonds. The van der Waals surface area contributed by atoms with E-state index in [0.29, 0.717) is 5.69 Å². The molecule has 1 aliphatic rings. The van der Waals surface area contributed by atoms with E-state index >= 15 is 0 Å². The number of carboxylic acids is 1. The minimum Gasteiger partial charge on any atom is -0.478 e. The van der Waals surface area contributed by atoms with Gasteiger partial charge >= 0.3 is 5.97 Å². The first-order valence-corrected chi connectivity index (χ1v) is 8.58. The molecule has 0 unspecified atom stereocenters. The number of rotatable bonds is 5. The average molecular weight is 362 g/mol. The molecule has 2 aromatic rings. The average Bonchev–Trinajstić information content (AvgIpc) is 3.17. The Bertz CT molecular complexity index is 979. The van der Waals surface area contributed by atoms with Crippen molar-refractivity contribution in [2.45, 2.75) is 25.7 Å². The zero-order valence-electron chi connectivity index (χ0n) is 14.5. The van der Waals surface area contributed by atoms with E-state index in [1.54, 1.807) is 12.1 Å². The number of anilines is 1. The summed E-state index contributed by atoms with van der Waals surface area (Å²) in [5.74, 6) is -1.40. The Morgan fingerprint density at radius 1 is 1.33 bits per heavy atom. The van der Waals surface area contributed by atoms with Gasteiger partial charge in [-0.3, -0.25) is 4.79 Å². The number of imidazole rings is 1. The summed E-state index contributed by atoms with van der Waals surface area (Å²) in [5, 5.41) is 20.5. The third-order valence-corrected chi connectivity index (χ3v) is 4.26. The number of benzene rings is 1. The molecule has 3 N–H and O–H groups in total. The number of nitrogens with zero attached hydrogens (tertiary/aromatic N) is 2. The van der Waals surface area contributed by atoms with E-state index in [0.717, 1.165) is 48.5 Å². The Balaban J connectivity index is 1.93. The molecule has 136 valence electrons. The van der Waals surface area contributed by atoms with Gasteiger partial charge < -0.3 is 15.4 Å². The molecule has 7 heteroatoms. The molecular formula is C20H18N4O3. The maximum absolute atomic E-state index is 12.5. The molecule has 1 heterocycles. The van der Waals surface area contributed by atoms with Gasteiger partial charge in [0.05, 0.1) is 6.20 Å². The van der Waals surface area contributed by atoms with Gasteiger partial charge in [0.2, 0.25) is 0 Å². The van der Waals surface area contributed by atoms with E-state index in [4.69, 9.17) is 10.4 Å². The molecule has 1 aromatic heterocycles. The van der Waals surface area contributed by atoms with Crippen molar-refractivity contribution in [1.29, 1.82) is 5.26 Å². The maximum atomic E-state index is 12.5. The number of hydrogen-bond acceptors (Lipinski definition) is 4. The van der Waals surface area contributed by atoms with E-state index in [9.17, 15) is 9.59 Å². The second-order valence-electron chi connectivity index (χ2n) is 6.16. The number of hydrogen-bond donors (Lipinski definition) is 3. The smallest absolute Gasteiger partial charge is 0.328 e. The molecule has 1 aliphatic carbocycles. The van der Waals surface area contributed by atoms with Crippen molar-refractivity contribution in [3.63, 3.8) is 0 Å². The minimum absolute atomic E-state index is 0.0602. The summed E-state index contributed by atoms with van der Waals surface area (Å²) in [4.78, 5) is 29.8. The van der Waals surface area contributed by atoms with Gasteiger partial charge in [0.25, 0.3) is 5.91 Å². The molecule has 0 spiro atoms. The highest BCUT2D eigenvalue weighted by Gasteiger charge is 2.16. The number of nitrogens with one attached hydrogen (secondary N) is 2.